The molecule has 5 heteroatoms. The second-order valence-electron chi connectivity index (χ2n) is 6.27. The van der Waals surface area contributed by atoms with Crippen molar-refractivity contribution in [1.82, 2.24) is 9.55 Å². The highest BCUT2D eigenvalue weighted by Crippen LogP contribution is 2.52. The Morgan fingerprint density at radius 3 is 2.86 bits per heavy atom. The molecule has 0 spiro atoms. The molecule has 0 aliphatic heterocycles. The molecular weight excluding hydrogens is 352 g/mol. The minimum absolute atomic E-state index is 0.103. The molecule has 0 N–H and O–H groups in total. The largest absolute Gasteiger partial charge is 0.381 e. The monoisotopic (exact) mass is 370 g/mol. The Hall–Kier alpha value is -0.580. The third-order valence-corrected chi connectivity index (χ3v) is 5.45. The number of ether oxygens (including phenoxy) is 1. The maximum atomic E-state index is 5.97. The van der Waals surface area contributed by atoms with Crippen LogP contribution in [-0.2, 0) is 11.2 Å². The third kappa shape index (κ3) is 2.41. The van der Waals surface area contributed by atoms with Crippen LogP contribution in [0.15, 0.2) is 22.7 Å². The number of aryl methyl sites for hydroxylation is 1. The molecule has 2 atom stereocenters. The van der Waals surface area contributed by atoms with Crippen LogP contribution in [0.2, 0.25) is 0 Å². The molecule has 0 amide bonds. The fourth-order valence-corrected chi connectivity index (χ4v) is 3.95. The van der Waals surface area contributed by atoms with E-state index in [0.717, 1.165) is 28.7 Å². The molecule has 0 saturated heterocycles. The summed E-state index contributed by atoms with van der Waals surface area (Å²) in [7, 11) is 1.80. The number of imidazole rings is 1. The van der Waals surface area contributed by atoms with Gasteiger partial charge in [0.25, 0.3) is 0 Å². The van der Waals surface area contributed by atoms with E-state index in [4.69, 9.17) is 21.3 Å². The van der Waals surface area contributed by atoms with Crippen LogP contribution < -0.4 is 0 Å². The number of fused-ring (bicyclic) bond motifs is 1. The van der Waals surface area contributed by atoms with Gasteiger partial charge in [-0.25, -0.2) is 4.98 Å². The summed E-state index contributed by atoms with van der Waals surface area (Å²) >= 11 is 9.54. The average Bonchev–Trinajstić information content (AvgIpc) is 2.76. The van der Waals surface area contributed by atoms with Gasteiger partial charge in [0, 0.05) is 35.3 Å². The van der Waals surface area contributed by atoms with Crippen molar-refractivity contribution in [2.75, 3.05) is 13.0 Å². The van der Waals surface area contributed by atoms with Crippen molar-refractivity contribution in [2.24, 2.45) is 5.41 Å². The fourth-order valence-electron chi connectivity index (χ4n) is 3.43. The number of aromatic nitrogens is 2. The number of halogens is 2. The van der Waals surface area contributed by atoms with Gasteiger partial charge < -0.3 is 9.30 Å². The van der Waals surface area contributed by atoms with E-state index in [2.05, 4.69) is 46.5 Å². The molecule has 3 nitrogen and oxygen atoms in total. The van der Waals surface area contributed by atoms with E-state index in [1.807, 2.05) is 6.07 Å². The molecule has 1 aromatic heterocycles. The fraction of sp³-hybridized carbons (Fsp3) is 0.562. The maximum Gasteiger partial charge on any atom is 0.111 e. The third-order valence-electron chi connectivity index (χ3n) is 4.76. The summed E-state index contributed by atoms with van der Waals surface area (Å²) in [6.45, 7) is 4.53. The predicted octanol–water partition coefficient (Wildman–Crippen LogP) is 4.57. The van der Waals surface area contributed by atoms with Gasteiger partial charge in [0.15, 0.2) is 0 Å². The van der Waals surface area contributed by atoms with Crippen LogP contribution >= 0.6 is 27.5 Å². The Bertz CT molecular complexity index is 668. The Labute approximate surface area is 138 Å². The van der Waals surface area contributed by atoms with Crippen LogP contribution in [0.25, 0.3) is 11.0 Å². The van der Waals surface area contributed by atoms with Crippen molar-refractivity contribution in [3.05, 3.63) is 28.5 Å². The number of hydrogen-bond donors (Lipinski definition) is 0. The molecule has 1 fully saturated rings. The lowest BCUT2D eigenvalue weighted by atomic mass is 9.64. The topological polar surface area (TPSA) is 27.1 Å². The normalized spacial score (nSPS) is 24.2. The Morgan fingerprint density at radius 2 is 2.24 bits per heavy atom. The van der Waals surface area contributed by atoms with Gasteiger partial charge in [0.1, 0.15) is 5.82 Å². The minimum atomic E-state index is 0.103. The number of hydrogen-bond acceptors (Lipinski definition) is 2. The Kier molecular flexibility index (Phi) is 4.06. The molecule has 2 unspecified atom stereocenters. The van der Waals surface area contributed by atoms with Crippen molar-refractivity contribution in [3.8, 4) is 0 Å². The van der Waals surface area contributed by atoms with Crippen LogP contribution in [-0.4, -0.2) is 28.6 Å². The van der Waals surface area contributed by atoms with Crippen LogP contribution in [0.4, 0.5) is 0 Å². The summed E-state index contributed by atoms with van der Waals surface area (Å²) in [6, 6.07) is 6.65. The number of methoxy groups -OCH3 is 1. The molecule has 0 bridgehead atoms. The van der Waals surface area contributed by atoms with Gasteiger partial charge >= 0.3 is 0 Å². The summed E-state index contributed by atoms with van der Waals surface area (Å²) < 4.78 is 9.05. The van der Waals surface area contributed by atoms with Crippen LogP contribution in [0.5, 0.6) is 0 Å². The van der Waals surface area contributed by atoms with Crippen molar-refractivity contribution in [3.63, 3.8) is 0 Å². The molecule has 1 aliphatic rings. The lowest BCUT2D eigenvalue weighted by Gasteiger charge is -2.52. The average molecular weight is 372 g/mol. The lowest BCUT2D eigenvalue weighted by Crippen LogP contribution is -2.51. The van der Waals surface area contributed by atoms with Gasteiger partial charge in [0.2, 0.25) is 0 Å². The van der Waals surface area contributed by atoms with E-state index in [-0.39, 0.29) is 5.41 Å². The predicted molar refractivity (Wildman–Crippen MR) is 90.1 cm³/mol. The molecule has 1 aromatic carbocycles. The highest BCUT2D eigenvalue weighted by molar-refractivity contribution is 9.10. The first-order valence-corrected chi connectivity index (χ1v) is 8.57. The number of nitrogens with zero attached hydrogens (tertiary/aromatic N) is 2. The number of rotatable bonds is 4. The van der Waals surface area contributed by atoms with E-state index in [1.165, 1.54) is 5.52 Å². The second kappa shape index (κ2) is 5.56. The Morgan fingerprint density at radius 1 is 1.48 bits per heavy atom. The zero-order chi connectivity index (χ0) is 15.2. The van der Waals surface area contributed by atoms with Crippen molar-refractivity contribution < 1.29 is 4.74 Å². The van der Waals surface area contributed by atoms with Crippen molar-refractivity contribution in [1.29, 1.82) is 0 Å². The molecule has 3 rings (SSSR count). The summed E-state index contributed by atoms with van der Waals surface area (Å²) in [6.07, 6.45) is 2.12. The summed E-state index contributed by atoms with van der Waals surface area (Å²) in [5.74, 6) is 1.66. The molecule has 21 heavy (non-hydrogen) atoms. The van der Waals surface area contributed by atoms with E-state index >= 15 is 0 Å². The summed E-state index contributed by atoms with van der Waals surface area (Å²) in [4.78, 5) is 4.78. The number of benzene rings is 1. The van der Waals surface area contributed by atoms with Gasteiger partial charge in [-0.3, -0.25) is 0 Å². The highest BCUT2D eigenvalue weighted by Gasteiger charge is 2.50. The lowest BCUT2D eigenvalue weighted by molar-refractivity contribution is -0.112. The maximum absolute atomic E-state index is 5.97. The first-order chi connectivity index (χ1) is 9.98. The smallest absolute Gasteiger partial charge is 0.111 e. The summed E-state index contributed by atoms with van der Waals surface area (Å²) in [5, 5.41) is 0. The summed E-state index contributed by atoms with van der Waals surface area (Å²) in [5.41, 5.74) is 2.32. The van der Waals surface area contributed by atoms with Gasteiger partial charge in [-0.1, -0.05) is 29.8 Å². The molecule has 1 aliphatic carbocycles. The van der Waals surface area contributed by atoms with Crippen molar-refractivity contribution >= 4 is 38.6 Å². The van der Waals surface area contributed by atoms with Crippen molar-refractivity contribution in [2.45, 2.75) is 38.8 Å². The molecular formula is C16H20BrClN2O. The van der Waals surface area contributed by atoms with Crippen LogP contribution in [0.1, 0.15) is 32.1 Å². The molecule has 114 valence electrons. The first kappa shape index (κ1) is 15.3. The van der Waals surface area contributed by atoms with Crippen LogP contribution in [0, 0.1) is 5.41 Å². The Balaban J connectivity index is 2.12. The zero-order valence-electron chi connectivity index (χ0n) is 12.6. The number of alkyl halides is 1. The molecule has 1 heterocycles. The van der Waals surface area contributed by atoms with E-state index in [9.17, 15) is 0 Å². The van der Waals surface area contributed by atoms with E-state index < -0.39 is 0 Å². The van der Waals surface area contributed by atoms with Gasteiger partial charge in [-0.2, -0.15) is 0 Å². The van der Waals surface area contributed by atoms with Gasteiger partial charge in [0.05, 0.1) is 17.1 Å². The SMILES string of the molecule is COC1CC(n2c(CCCl)nc3ccc(Br)cc32)C1(C)C. The first-order valence-electron chi connectivity index (χ1n) is 7.24. The second-order valence-corrected chi connectivity index (χ2v) is 7.56. The standard InChI is InChI=1S/C16H20BrClN2O/c1-16(2)13(9-14(16)21-3)20-12-8-10(17)4-5-11(12)19-15(20)6-7-18/h4-5,8,13-14H,6-7,9H2,1-3H3. The van der Waals surface area contributed by atoms with E-state index in [1.54, 1.807) is 7.11 Å². The van der Waals surface area contributed by atoms with Gasteiger partial charge in [-0.05, 0) is 24.6 Å². The van der Waals surface area contributed by atoms with Crippen LogP contribution in [0.3, 0.4) is 0 Å². The zero-order valence-corrected chi connectivity index (χ0v) is 14.9. The molecule has 0 radical (unpaired) electrons. The van der Waals surface area contributed by atoms with E-state index in [0.29, 0.717) is 18.0 Å². The molecule has 2 aromatic rings. The highest BCUT2D eigenvalue weighted by atomic mass is 79.9. The van der Waals surface area contributed by atoms with Gasteiger partial charge in [-0.15, -0.1) is 11.6 Å². The molecule has 1 saturated carbocycles. The quantitative estimate of drug-likeness (QED) is 0.736. The minimum Gasteiger partial charge on any atom is -0.381 e.